The third-order valence-corrected chi connectivity index (χ3v) is 2.86. The lowest BCUT2D eigenvalue weighted by Gasteiger charge is -2.11. The Balaban J connectivity index is 0.00000127. The van der Waals surface area contributed by atoms with Crippen LogP contribution in [-0.2, 0) is 4.74 Å². The summed E-state index contributed by atoms with van der Waals surface area (Å²) in [5, 5.41) is 28.6. The Morgan fingerprint density at radius 2 is 1.57 bits per heavy atom. The van der Waals surface area contributed by atoms with E-state index in [9.17, 15) is 20.1 Å². The zero-order valence-corrected chi connectivity index (χ0v) is 13.5. The lowest BCUT2D eigenvalue weighted by molar-refractivity contribution is 0.0600. The number of methoxy groups -OCH3 is 1. The summed E-state index contributed by atoms with van der Waals surface area (Å²) in [5.41, 5.74) is 1.01. The van der Waals surface area contributed by atoms with Gasteiger partial charge in [-0.05, 0) is 30.7 Å². The van der Waals surface area contributed by atoms with Crippen LogP contribution in [0.1, 0.15) is 29.8 Å². The maximum Gasteiger partial charge on any atom is 0.338 e. The number of carbonyl (C=O) groups is 1. The minimum absolute atomic E-state index is 0.182. The van der Waals surface area contributed by atoms with E-state index in [0.29, 0.717) is 16.9 Å². The van der Waals surface area contributed by atoms with Crippen molar-refractivity contribution in [3.05, 3.63) is 41.5 Å². The molecule has 6 heteroatoms. The average molecular weight is 320 g/mol. The van der Waals surface area contributed by atoms with Gasteiger partial charge in [-0.25, -0.2) is 4.79 Å². The Kier molecular flexibility index (Phi) is 6.26. The molecule has 2 rings (SSSR count). The van der Waals surface area contributed by atoms with Crippen molar-refractivity contribution in [2.24, 2.45) is 0 Å². The van der Waals surface area contributed by atoms with Crippen LogP contribution in [0, 0.1) is 6.92 Å². The fourth-order valence-electron chi connectivity index (χ4n) is 1.85. The van der Waals surface area contributed by atoms with Crippen LogP contribution in [0.2, 0.25) is 0 Å². The molecule has 0 fully saturated rings. The fraction of sp³-hybridized carbons (Fsp3) is 0.235. The van der Waals surface area contributed by atoms with Gasteiger partial charge >= 0.3 is 5.97 Å². The first-order valence-corrected chi connectivity index (χ1v) is 7.04. The molecule has 0 amide bonds. The van der Waals surface area contributed by atoms with Gasteiger partial charge in [0.15, 0.2) is 11.5 Å². The quantitative estimate of drug-likeness (QED) is 0.746. The van der Waals surface area contributed by atoms with E-state index in [-0.39, 0.29) is 11.5 Å². The predicted molar refractivity (Wildman–Crippen MR) is 85.4 cm³/mol. The van der Waals surface area contributed by atoms with Crippen LogP contribution in [0.4, 0.5) is 0 Å². The lowest BCUT2D eigenvalue weighted by Crippen LogP contribution is -2.03. The summed E-state index contributed by atoms with van der Waals surface area (Å²) in [6, 6.07) is 6.68. The number of rotatable bonds is 3. The summed E-state index contributed by atoms with van der Waals surface area (Å²) in [7, 11) is 1.29. The highest BCUT2D eigenvalue weighted by Crippen LogP contribution is 2.41. The van der Waals surface area contributed by atoms with Gasteiger partial charge in [-0.3, -0.25) is 0 Å². The van der Waals surface area contributed by atoms with Crippen LogP contribution in [0.3, 0.4) is 0 Å². The van der Waals surface area contributed by atoms with Crippen molar-refractivity contribution in [3.8, 4) is 28.7 Å². The van der Waals surface area contributed by atoms with Gasteiger partial charge < -0.3 is 24.8 Å². The lowest BCUT2D eigenvalue weighted by atomic mass is 10.1. The van der Waals surface area contributed by atoms with Gasteiger partial charge in [0, 0.05) is 12.1 Å². The monoisotopic (exact) mass is 320 g/mol. The summed E-state index contributed by atoms with van der Waals surface area (Å²) in [5.74, 6) is -1.41. The standard InChI is InChI=1S/C15H14O6.C2H6/c1-8-5-10(3-4-11(8)15(19)20-2)21-14-12(17)6-9(16)7-13(14)18;1-2/h3-7,16-18H,1-2H3;1-2H3. The van der Waals surface area contributed by atoms with E-state index < -0.39 is 17.5 Å². The molecule has 2 aromatic carbocycles. The van der Waals surface area contributed by atoms with Crippen LogP contribution in [0.25, 0.3) is 0 Å². The molecule has 0 radical (unpaired) electrons. The predicted octanol–water partition coefficient (Wildman–Crippen LogP) is 3.72. The molecule has 0 spiro atoms. The molecule has 0 saturated carbocycles. The second kappa shape index (κ2) is 7.93. The number of carbonyl (C=O) groups excluding carboxylic acids is 1. The molecule has 0 saturated heterocycles. The molecule has 0 aliphatic rings. The number of ether oxygens (including phenoxy) is 2. The van der Waals surface area contributed by atoms with Gasteiger partial charge in [-0.15, -0.1) is 0 Å². The van der Waals surface area contributed by atoms with Crippen molar-refractivity contribution in [2.75, 3.05) is 7.11 Å². The molecule has 0 atom stereocenters. The van der Waals surface area contributed by atoms with E-state index in [2.05, 4.69) is 4.74 Å². The van der Waals surface area contributed by atoms with Crippen molar-refractivity contribution in [2.45, 2.75) is 20.8 Å². The summed E-state index contributed by atoms with van der Waals surface area (Å²) < 4.78 is 10.0. The number of benzene rings is 2. The summed E-state index contributed by atoms with van der Waals surface area (Å²) in [4.78, 5) is 11.5. The molecule has 23 heavy (non-hydrogen) atoms. The minimum atomic E-state index is -0.464. The smallest absolute Gasteiger partial charge is 0.338 e. The van der Waals surface area contributed by atoms with Gasteiger partial charge in [0.25, 0.3) is 0 Å². The van der Waals surface area contributed by atoms with E-state index in [4.69, 9.17) is 4.74 Å². The van der Waals surface area contributed by atoms with E-state index in [1.54, 1.807) is 13.0 Å². The first kappa shape index (κ1) is 18.2. The molecule has 0 aliphatic heterocycles. The van der Waals surface area contributed by atoms with Crippen molar-refractivity contribution >= 4 is 5.97 Å². The molecule has 0 aliphatic carbocycles. The Bertz CT molecular complexity index is 670. The molecule has 6 nitrogen and oxygen atoms in total. The molecule has 0 unspecified atom stereocenters. The summed E-state index contributed by atoms with van der Waals surface area (Å²) >= 11 is 0. The highest BCUT2D eigenvalue weighted by molar-refractivity contribution is 5.91. The number of esters is 1. The van der Waals surface area contributed by atoms with Crippen LogP contribution < -0.4 is 4.74 Å². The number of aromatic hydroxyl groups is 3. The van der Waals surface area contributed by atoms with Crippen LogP contribution in [0.5, 0.6) is 28.7 Å². The second-order valence-electron chi connectivity index (χ2n) is 4.38. The highest BCUT2D eigenvalue weighted by atomic mass is 16.5. The first-order chi connectivity index (χ1) is 10.9. The maximum atomic E-state index is 11.5. The normalized spacial score (nSPS) is 9.57. The molecule has 124 valence electrons. The van der Waals surface area contributed by atoms with Crippen molar-refractivity contribution < 1.29 is 29.6 Å². The molecule has 0 bridgehead atoms. The fourth-order valence-corrected chi connectivity index (χ4v) is 1.85. The van der Waals surface area contributed by atoms with Gasteiger partial charge in [-0.1, -0.05) is 13.8 Å². The molecule has 3 N–H and O–H groups in total. The third kappa shape index (κ3) is 4.29. The Morgan fingerprint density at radius 3 is 2.04 bits per heavy atom. The number of aryl methyl sites for hydroxylation is 1. The molecular formula is C17H20O6. The minimum Gasteiger partial charge on any atom is -0.508 e. The Morgan fingerprint density at radius 1 is 1.00 bits per heavy atom. The zero-order valence-electron chi connectivity index (χ0n) is 13.5. The second-order valence-corrected chi connectivity index (χ2v) is 4.38. The van der Waals surface area contributed by atoms with Crippen LogP contribution >= 0.6 is 0 Å². The number of hydrogen-bond acceptors (Lipinski definition) is 6. The molecule has 0 heterocycles. The SMILES string of the molecule is CC.COC(=O)c1ccc(Oc2c(O)cc(O)cc2O)cc1C. The largest absolute Gasteiger partial charge is 0.508 e. The number of phenols is 3. The Hall–Kier alpha value is -2.89. The van der Waals surface area contributed by atoms with Crippen molar-refractivity contribution in [1.82, 2.24) is 0 Å². The van der Waals surface area contributed by atoms with E-state index in [0.717, 1.165) is 12.1 Å². The number of phenolic OH excluding ortho intramolecular Hbond substituents is 3. The third-order valence-electron chi connectivity index (χ3n) is 2.86. The molecule has 0 aromatic heterocycles. The van der Waals surface area contributed by atoms with Gasteiger partial charge in [0.2, 0.25) is 5.75 Å². The van der Waals surface area contributed by atoms with Crippen LogP contribution in [-0.4, -0.2) is 28.4 Å². The van der Waals surface area contributed by atoms with Gasteiger partial charge in [-0.2, -0.15) is 0 Å². The first-order valence-electron chi connectivity index (χ1n) is 7.04. The summed E-state index contributed by atoms with van der Waals surface area (Å²) in [6.07, 6.45) is 0. The highest BCUT2D eigenvalue weighted by Gasteiger charge is 2.14. The van der Waals surface area contributed by atoms with E-state index in [1.165, 1.54) is 19.2 Å². The van der Waals surface area contributed by atoms with Gasteiger partial charge in [0.1, 0.15) is 11.5 Å². The summed E-state index contributed by atoms with van der Waals surface area (Å²) in [6.45, 7) is 5.70. The van der Waals surface area contributed by atoms with E-state index in [1.807, 2.05) is 13.8 Å². The number of hydrogen-bond donors (Lipinski definition) is 3. The van der Waals surface area contributed by atoms with E-state index >= 15 is 0 Å². The maximum absolute atomic E-state index is 11.5. The van der Waals surface area contributed by atoms with Crippen molar-refractivity contribution in [1.29, 1.82) is 0 Å². The average Bonchev–Trinajstić information content (AvgIpc) is 2.52. The van der Waals surface area contributed by atoms with Gasteiger partial charge in [0.05, 0.1) is 12.7 Å². The molecule has 2 aromatic rings. The molecular weight excluding hydrogens is 300 g/mol. The van der Waals surface area contributed by atoms with Crippen molar-refractivity contribution in [3.63, 3.8) is 0 Å². The Labute approximate surface area is 134 Å². The topological polar surface area (TPSA) is 96.2 Å². The van der Waals surface area contributed by atoms with Crippen LogP contribution in [0.15, 0.2) is 30.3 Å². The zero-order chi connectivity index (χ0) is 17.6.